The summed E-state index contributed by atoms with van der Waals surface area (Å²) in [5.41, 5.74) is 1.05. The van der Waals surface area contributed by atoms with E-state index in [-0.39, 0.29) is 5.56 Å². The topological polar surface area (TPSA) is 67.2 Å². The number of anilines is 1. The summed E-state index contributed by atoms with van der Waals surface area (Å²) >= 11 is 0. The van der Waals surface area contributed by atoms with Crippen molar-refractivity contribution in [3.8, 4) is 0 Å². The molecule has 2 N–H and O–H groups in total. The molecule has 0 aliphatic rings. The van der Waals surface area contributed by atoms with Crippen molar-refractivity contribution < 1.29 is 9.90 Å². The average molecular weight is 245 g/mol. The molecule has 1 aromatic heterocycles. The highest BCUT2D eigenvalue weighted by Gasteiger charge is 2.04. The van der Waals surface area contributed by atoms with Gasteiger partial charge in [-0.25, -0.2) is 9.78 Å². The van der Waals surface area contributed by atoms with Crippen LogP contribution in [-0.2, 0) is 13.1 Å². The molecule has 5 heteroatoms. The smallest absolute Gasteiger partial charge is 0.335 e. The van der Waals surface area contributed by atoms with E-state index in [1.54, 1.807) is 24.4 Å². The molecule has 0 aliphatic heterocycles. The van der Waals surface area contributed by atoms with E-state index in [2.05, 4.69) is 17.2 Å². The Morgan fingerprint density at radius 1 is 1.50 bits per heavy atom. The van der Waals surface area contributed by atoms with Gasteiger partial charge in [0.2, 0.25) is 0 Å². The lowest BCUT2D eigenvalue weighted by atomic mass is 10.2. The lowest BCUT2D eigenvalue weighted by Crippen LogP contribution is -2.08. The largest absolute Gasteiger partial charge is 0.478 e. The first-order valence-corrected chi connectivity index (χ1v) is 5.78. The fourth-order valence-electron chi connectivity index (χ4n) is 1.74. The minimum Gasteiger partial charge on any atom is -0.478 e. The van der Waals surface area contributed by atoms with Crippen molar-refractivity contribution in [1.82, 2.24) is 9.55 Å². The summed E-state index contributed by atoms with van der Waals surface area (Å²) in [6, 6.07) is 6.74. The fourth-order valence-corrected chi connectivity index (χ4v) is 1.74. The van der Waals surface area contributed by atoms with Gasteiger partial charge in [0.15, 0.2) is 0 Å². The molecular formula is C13H15N3O2. The summed E-state index contributed by atoms with van der Waals surface area (Å²) in [4.78, 5) is 15.1. The van der Waals surface area contributed by atoms with Crippen LogP contribution >= 0.6 is 0 Å². The zero-order valence-electron chi connectivity index (χ0n) is 10.1. The van der Waals surface area contributed by atoms with E-state index < -0.39 is 5.97 Å². The zero-order chi connectivity index (χ0) is 13.0. The van der Waals surface area contributed by atoms with Crippen LogP contribution in [0.3, 0.4) is 0 Å². The van der Waals surface area contributed by atoms with E-state index >= 15 is 0 Å². The second-order valence-corrected chi connectivity index (χ2v) is 3.87. The molecule has 0 saturated carbocycles. The summed E-state index contributed by atoms with van der Waals surface area (Å²) in [5, 5.41) is 12.1. The maximum absolute atomic E-state index is 10.8. The highest BCUT2D eigenvalue weighted by atomic mass is 16.4. The number of aromatic carboxylic acids is 1. The standard InChI is InChI=1S/C13H15N3O2/c1-2-16-7-6-14-12(16)9-15-11-5-3-4-10(8-11)13(17)18/h3-8,15H,2,9H2,1H3,(H,17,18). The number of hydrogen-bond donors (Lipinski definition) is 2. The lowest BCUT2D eigenvalue weighted by Gasteiger charge is -2.08. The molecule has 1 aromatic carbocycles. The average Bonchev–Trinajstić information content (AvgIpc) is 2.84. The van der Waals surface area contributed by atoms with E-state index in [1.807, 2.05) is 16.8 Å². The summed E-state index contributed by atoms with van der Waals surface area (Å²) in [6.45, 7) is 3.49. The Morgan fingerprint density at radius 3 is 3.06 bits per heavy atom. The Bertz CT molecular complexity index is 549. The minimum atomic E-state index is -0.922. The van der Waals surface area contributed by atoms with Gasteiger partial charge in [0, 0.05) is 24.6 Å². The quantitative estimate of drug-likeness (QED) is 0.847. The van der Waals surface area contributed by atoms with Crippen LogP contribution in [0.1, 0.15) is 23.1 Å². The Hall–Kier alpha value is -2.30. The van der Waals surface area contributed by atoms with Crippen LogP contribution in [0, 0.1) is 0 Å². The third-order valence-corrected chi connectivity index (χ3v) is 2.70. The molecule has 2 aromatic rings. The lowest BCUT2D eigenvalue weighted by molar-refractivity contribution is 0.0697. The number of imidazole rings is 1. The second-order valence-electron chi connectivity index (χ2n) is 3.87. The Labute approximate surface area is 105 Å². The van der Waals surface area contributed by atoms with E-state index in [1.165, 1.54) is 0 Å². The van der Waals surface area contributed by atoms with Crippen molar-refractivity contribution in [3.63, 3.8) is 0 Å². The molecule has 0 bridgehead atoms. The van der Waals surface area contributed by atoms with Gasteiger partial charge in [0.1, 0.15) is 5.82 Å². The van der Waals surface area contributed by atoms with Crippen LogP contribution in [0.5, 0.6) is 0 Å². The van der Waals surface area contributed by atoms with Gasteiger partial charge in [-0.05, 0) is 25.1 Å². The van der Waals surface area contributed by atoms with Crippen molar-refractivity contribution >= 4 is 11.7 Å². The van der Waals surface area contributed by atoms with Gasteiger partial charge in [-0.15, -0.1) is 0 Å². The molecular weight excluding hydrogens is 230 g/mol. The van der Waals surface area contributed by atoms with Crippen molar-refractivity contribution in [2.45, 2.75) is 20.0 Å². The number of benzene rings is 1. The number of rotatable bonds is 5. The third-order valence-electron chi connectivity index (χ3n) is 2.70. The number of hydrogen-bond acceptors (Lipinski definition) is 3. The molecule has 0 saturated heterocycles. The van der Waals surface area contributed by atoms with Gasteiger partial charge in [-0.3, -0.25) is 0 Å². The number of carboxylic acids is 1. The van der Waals surface area contributed by atoms with Crippen molar-refractivity contribution in [2.75, 3.05) is 5.32 Å². The molecule has 0 unspecified atom stereocenters. The molecule has 0 amide bonds. The van der Waals surface area contributed by atoms with Crippen molar-refractivity contribution in [3.05, 3.63) is 48.0 Å². The van der Waals surface area contributed by atoms with E-state index in [9.17, 15) is 4.79 Å². The SMILES string of the molecule is CCn1ccnc1CNc1cccc(C(=O)O)c1. The predicted molar refractivity (Wildman–Crippen MR) is 68.6 cm³/mol. The van der Waals surface area contributed by atoms with E-state index in [0.717, 1.165) is 18.1 Å². The van der Waals surface area contributed by atoms with Gasteiger partial charge in [-0.2, -0.15) is 0 Å². The zero-order valence-corrected chi connectivity index (χ0v) is 10.1. The van der Waals surface area contributed by atoms with E-state index in [0.29, 0.717) is 6.54 Å². The highest BCUT2D eigenvalue weighted by Crippen LogP contribution is 2.11. The summed E-state index contributed by atoms with van der Waals surface area (Å²) in [7, 11) is 0. The second kappa shape index (κ2) is 5.35. The van der Waals surface area contributed by atoms with Gasteiger partial charge in [0.25, 0.3) is 0 Å². The summed E-state index contributed by atoms with van der Waals surface area (Å²) in [6.07, 6.45) is 3.68. The summed E-state index contributed by atoms with van der Waals surface area (Å²) in [5.74, 6) is 0.00642. The van der Waals surface area contributed by atoms with Crippen LogP contribution in [-0.4, -0.2) is 20.6 Å². The maximum atomic E-state index is 10.8. The van der Waals surface area contributed by atoms with Gasteiger partial charge < -0.3 is 15.0 Å². The van der Waals surface area contributed by atoms with Gasteiger partial charge in [0.05, 0.1) is 12.1 Å². The Balaban J connectivity index is 2.06. The molecule has 2 rings (SSSR count). The number of aryl methyl sites for hydroxylation is 1. The highest BCUT2D eigenvalue weighted by molar-refractivity contribution is 5.88. The minimum absolute atomic E-state index is 0.277. The monoisotopic (exact) mass is 245 g/mol. The first kappa shape index (κ1) is 12.2. The van der Waals surface area contributed by atoms with Crippen molar-refractivity contribution in [2.24, 2.45) is 0 Å². The molecule has 0 atom stereocenters. The number of nitrogens with one attached hydrogen (secondary N) is 1. The normalized spacial score (nSPS) is 10.3. The fraction of sp³-hybridized carbons (Fsp3) is 0.231. The van der Waals surface area contributed by atoms with Gasteiger partial charge >= 0.3 is 5.97 Å². The molecule has 5 nitrogen and oxygen atoms in total. The third kappa shape index (κ3) is 2.68. The molecule has 94 valence electrons. The molecule has 1 heterocycles. The predicted octanol–water partition coefficient (Wildman–Crippen LogP) is 2.21. The van der Waals surface area contributed by atoms with Crippen LogP contribution in [0.2, 0.25) is 0 Å². The van der Waals surface area contributed by atoms with Crippen LogP contribution in [0.4, 0.5) is 5.69 Å². The van der Waals surface area contributed by atoms with Crippen LogP contribution < -0.4 is 5.32 Å². The van der Waals surface area contributed by atoms with E-state index in [4.69, 9.17) is 5.11 Å². The first-order valence-electron chi connectivity index (χ1n) is 5.78. The molecule has 18 heavy (non-hydrogen) atoms. The number of aromatic nitrogens is 2. The Morgan fingerprint density at radius 2 is 2.33 bits per heavy atom. The Kier molecular flexibility index (Phi) is 3.62. The summed E-state index contributed by atoms with van der Waals surface area (Å²) < 4.78 is 2.04. The first-order chi connectivity index (χ1) is 8.70. The molecule has 0 spiro atoms. The molecule has 0 fully saturated rings. The van der Waals surface area contributed by atoms with Crippen LogP contribution in [0.25, 0.3) is 0 Å². The number of carbonyl (C=O) groups is 1. The van der Waals surface area contributed by atoms with Crippen molar-refractivity contribution in [1.29, 1.82) is 0 Å². The number of carboxylic acid groups (broad SMARTS) is 1. The molecule has 0 aliphatic carbocycles. The number of nitrogens with zero attached hydrogens (tertiary/aromatic N) is 2. The van der Waals surface area contributed by atoms with Crippen LogP contribution in [0.15, 0.2) is 36.7 Å². The molecule has 0 radical (unpaired) electrons. The van der Waals surface area contributed by atoms with Gasteiger partial charge in [-0.1, -0.05) is 6.07 Å². The maximum Gasteiger partial charge on any atom is 0.335 e.